The summed E-state index contributed by atoms with van der Waals surface area (Å²) in [5.41, 5.74) is 25.3. The second-order valence-corrected chi connectivity index (χ2v) is 28.5. The molecule has 0 atom stereocenters. The van der Waals surface area contributed by atoms with Crippen molar-refractivity contribution in [3.8, 4) is 89.0 Å². The average Bonchev–Trinajstić information content (AvgIpc) is 0.749. The number of aryl methyl sites for hydroxylation is 5. The van der Waals surface area contributed by atoms with Gasteiger partial charge < -0.3 is 0 Å². The summed E-state index contributed by atoms with van der Waals surface area (Å²) >= 11 is 0. The lowest BCUT2D eigenvalue weighted by Gasteiger charge is -2.21. The van der Waals surface area contributed by atoms with Crippen LogP contribution in [0.1, 0.15) is 153 Å². The number of rotatable bonds is 10. The fourth-order valence-corrected chi connectivity index (χ4v) is 12.8. The van der Waals surface area contributed by atoms with Crippen LogP contribution in [-0.4, -0.2) is 0 Å². The Morgan fingerprint density at radius 2 is 0.578 bits per heavy atom. The summed E-state index contributed by atoms with van der Waals surface area (Å²) in [6.45, 7) is 32.3. The van der Waals surface area contributed by atoms with E-state index >= 15 is 0 Å². The fourth-order valence-electron chi connectivity index (χ4n) is 12.8. The van der Waals surface area contributed by atoms with E-state index in [1.165, 1.54) is 90.4 Å². The summed E-state index contributed by atoms with van der Waals surface area (Å²) in [6, 6.07) is 84.9. The van der Waals surface area contributed by atoms with Crippen molar-refractivity contribution in [2.75, 3.05) is 0 Å². The Hall–Kier alpha value is -11.7. The predicted octanol–water partition coefficient (Wildman–Crippen LogP) is 31.5. The molecule has 0 aliphatic carbocycles. The summed E-state index contributed by atoms with van der Waals surface area (Å²) in [4.78, 5) is 0. The number of benzene rings is 15. The quantitative estimate of drug-likeness (QED) is 0.128. The van der Waals surface area contributed by atoms with E-state index in [4.69, 9.17) is 26.0 Å². The van der Waals surface area contributed by atoms with Gasteiger partial charge in [0.15, 0.2) is 0 Å². The molecule has 109 heavy (non-hydrogen) atoms. The van der Waals surface area contributed by atoms with Crippen molar-refractivity contribution in [1.82, 2.24) is 0 Å². The molecule has 0 saturated heterocycles. The summed E-state index contributed by atoms with van der Waals surface area (Å²) in [6.07, 6.45) is 0. The van der Waals surface area contributed by atoms with Gasteiger partial charge in [-0.25, -0.2) is 0 Å². The number of hydrogen-bond donors (Lipinski definition) is 0. The highest BCUT2D eigenvalue weighted by atomic mass is 14.2. The molecule has 15 rings (SSSR count). The Kier molecular flexibility index (Phi) is 21.9. The van der Waals surface area contributed by atoms with E-state index in [1.807, 2.05) is 45.0 Å². The Bertz CT molecular complexity index is 5960. The molecule has 0 aromatic heterocycles. The molecule has 0 amide bonds. The van der Waals surface area contributed by atoms with Crippen LogP contribution < -0.4 is 0 Å². The Morgan fingerprint density at radius 1 is 0.239 bits per heavy atom. The molecule has 0 heterocycles. The van der Waals surface area contributed by atoms with Crippen LogP contribution in [0.25, 0.3) is 89.0 Å². The van der Waals surface area contributed by atoms with Crippen molar-refractivity contribution < 1.29 is 26.0 Å². The molecule has 0 nitrogen and oxygen atoms in total. The van der Waals surface area contributed by atoms with Crippen LogP contribution in [0.5, 0.6) is 0 Å². The first-order chi connectivity index (χ1) is 60.4. The lowest BCUT2D eigenvalue weighted by atomic mass is 9.84. The molecule has 0 radical (unpaired) electrons. The first kappa shape index (κ1) is 58.4. The molecule has 548 valence electrons. The van der Waals surface area contributed by atoms with Crippen molar-refractivity contribution in [3.05, 3.63) is 442 Å². The van der Waals surface area contributed by atoms with Gasteiger partial charge in [0.05, 0.1) is 24.7 Å². The predicted molar refractivity (Wildman–Crippen MR) is 478 cm³/mol. The molecule has 0 N–H and O–H groups in total. The van der Waals surface area contributed by atoms with Gasteiger partial charge in [-0.2, -0.15) is 0 Å². The number of hydrogen-bond acceptors (Lipinski definition) is 0. The maximum atomic E-state index is 8.31. The summed E-state index contributed by atoms with van der Waals surface area (Å²) < 4.78 is 153. The van der Waals surface area contributed by atoms with Crippen LogP contribution in [0, 0.1) is 62.3 Å². The molecule has 0 aliphatic heterocycles. The average molecular weight is 1440 g/mol. The molecule has 0 heteroatoms. The Balaban J connectivity index is 0.000000175. The Morgan fingerprint density at radius 3 is 0.972 bits per heavy atom. The second-order valence-electron chi connectivity index (χ2n) is 28.5. The van der Waals surface area contributed by atoms with Crippen molar-refractivity contribution in [1.29, 1.82) is 0 Å². The Labute approximate surface area is 682 Å². The molecule has 0 unspecified atom stereocenters. The molecule has 0 saturated carbocycles. The molecular formula is C109H112. The van der Waals surface area contributed by atoms with Gasteiger partial charge in [-0.1, -0.05) is 418 Å². The van der Waals surface area contributed by atoms with E-state index in [1.54, 1.807) is 57.2 Å². The van der Waals surface area contributed by atoms with E-state index in [-0.39, 0.29) is 100 Å². The molecule has 15 aromatic rings. The molecular weight excluding hydrogens is 1310 g/mol. The van der Waals surface area contributed by atoms with Crippen LogP contribution in [-0.2, 0) is 5.41 Å². The van der Waals surface area contributed by atoms with E-state index in [2.05, 4.69) is 269 Å². The van der Waals surface area contributed by atoms with Gasteiger partial charge in [-0.15, -0.1) is 0 Å². The van der Waals surface area contributed by atoms with Crippen LogP contribution in [0.4, 0.5) is 0 Å². The van der Waals surface area contributed by atoms with Crippen molar-refractivity contribution in [3.63, 3.8) is 0 Å². The first-order valence-corrected chi connectivity index (χ1v) is 37.0. The third-order valence-corrected chi connectivity index (χ3v) is 18.4. The highest BCUT2D eigenvalue weighted by molar-refractivity contribution is 5.81. The smallest absolute Gasteiger partial charge is 0.0622 e. The zero-order chi connectivity index (χ0) is 94.2. The van der Waals surface area contributed by atoms with Gasteiger partial charge in [0.25, 0.3) is 0 Å². The maximum absolute atomic E-state index is 8.31. The van der Waals surface area contributed by atoms with Crippen LogP contribution in [0.2, 0.25) is 0 Å². The molecule has 15 aromatic carbocycles. The van der Waals surface area contributed by atoms with Crippen LogP contribution in [0.3, 0.4) is 0 Å². The summed E-state index contributed by atoms with van der Waals surface area (Å²) in [5, 5.41) is 0. The molecule has 0 bridgehead atoms. The fraction of sp³-hybridized carbons (Fsp3) is 0.174. The minimum absolute atomic E-state index is 0.0308. The topological polar surface area (TPSA) is 0 Å². The van der Waals surface area contributed by atoms with Gasteiger partial charge in [0.2, 0.25) is 0 Å². The van der Waals surface area contributed by atoms with Crippen molar-refractivity contribution in [2.24, 2.45) is 0 Å². The van der Waals surface area contributed by atoms with E-state index < -0.39 is 42.1 Å². The molecule has 0 fully saturated rings. The van der Waals surface area contributed by atoms with Crippen LogP contribution >= 0.6 is 0 Å². The molecule has 0 aliphatic rings. The van der Waals surface area contributed by atoms with Gasteiger partial charge in [-0.3, -0.25) is 0 Å². The van der Waals surface area contributed by atoms with Gasteiger partial charge >= 0.3 is 0 Å². The van der Waals surface area contributed by atoms with Crippen LogP contribution in [0.15, 0.2) is 376 Å². The van der Waals surface area contributed by atoms with Gasteiger partial charge in [-0.05, 0) is 242 Å². The summed E-state index contributed by atoms with van der Waals surface area (Å²) in [7, 11) is 0. The van der Waals surface area contributed by atoms with Crippen molar-refractivity contribution >= 4 is 0 Å². The third kappa shape index (κ3) is 24.2. The lowest BCUT2D eigenvalue weighted by Crippen LogP contribution is -2.12. The lowest BCUT2D eigenvalue weighted by molar-refractivity contribution is 0.586. The van der Waals surface area contributed by atoms with E-state index in [9.17, 15) is 0 Å². The SMILES string of the molecule is Cc1c(-c2ccccc2)cccc1-c1ccccc1.Cc1cc(-c2ccccc2)cc(-c2ccccc2)c1.Cc1ccccc1C(C)(C)C.Cc1ccccc1C(C)C.[2H]C(C)(C)c1ccccc1C.[2H]c1c([2H])c([2H])c(-c2cc(C)cc(-c3c([2H])c([2H])c(C)c([2H])c3[2H])c2)c([2H])c1[2H].[2H]c1c([2H])c([2H])c(-c2cccc(-c3c([2H])c([2H])c([2H])c([2H])c3C)c2C)c([2H])c1[2H]. The summed E-state index contributed by atoms with van der Waals surface area (Å²) in [5.74, 6) is 0.187. The van der Waals surface area contributed by atoms with Gasteiger partial charge in [0.1, 0.15) is 0 Å². The monoisotopic (exact) mass is 1440 g/mol. The highest BCUT2D eigenvalue weighted by Crippen LogP contribution is 2.36. The van der Waals surface area contributed by atoms with Crippen molar-refractivity contribution in [2.45, 2.75) is 128 Å². The third-order valence-electron chi connectivity index (χ3n) is 18.4. The highest BCUT2D eigenvalue weighted by Gasteiger charge is 2.15. The largest absolute Gasteiger partial charge is 0.0629 e. The maximum Gasteiger partial charge on any atom is 0.0629 e. The second kappa shape index (κ2) is 40.9. The standard InChI is InChI=1S/2C20H18.2C19H16.C11H16.2C10H14/c1-15-9-6-7-12-18(15)20-14-8-13-19(16(20)2)17-10-4-3-5-11-17;1-15-8-10-18(11-9-15)20-13-16(2)12-19(14-20)17-6-4-3-5-7-17;1-15-18(16-9-4-2-5-10-16)13-8-14-19(15)17-11-6-3-7-12-17;1-15-12-18(16-8-4-2-5-9-16)14-19(13-15)17-10-6-3-7-11-17;1-9-7-5-6-8-10(9)11(2,3)4;2*1-8(2)10-7-5-4-6-9(10)3/h2*3-14H,1-2H3;2*2-14H,1H3;5-8H,1-4H3;2*4-8H,1-3H3/i3D,4D,5D,6D,7D,9D,10D,11D,12D;3D,4D,5D,6D,7D,8D,9D,10D,11D;;;;8D;. The van der Waals surface area contributed by atoms with E-state index in [0.717, 1.165) is 5.56 Å². The normalized spacial score (nSPS) is 13.1. The zero-order valence-electron chi connectivity index (χ0n) is 85.0. The van der Waals surface area contributed by atoms with Gasteiger partial charge in [0, 0.05) is 1.37 Å². The minimum Gasteiger partial charge on any atom is -0.0622 e. The van der Waals surface area contributed by atoms with E-state index in [0.29, 0.717) is 50.4 Å². The zero-order valence-corrected chi connectivity index (χ0v) is 66.0. The minimum atomic E-state index is -0.477. The first-order valence-electron chi connectivity index (χ1n) is 46.5. The molecule has 0 spiro atoms.